The van der Waals surface area contributed by atoms with E-state index >= 15 is 0 Å². The van der Waals surface area contributed by atoms with E-state index in [-0.39, 0.29) is 5.75 Å². The number of hydrogen-bond acceptors (Lipinski definition) is 3. The molecule has 2 aliphatic rings. The summed E-state index contributed by atoms with van der Waals surface area (Å²) in [6, 6.07) is 6.28. The summed E-state index contributed by atoms with van der Waals surface area (Å²) in [6.45, 7) is 4.86. The average molecular weight is 300 g/mol. The molecular weight excluding hydrogens is 281 g/mol. The van der Waals surface area contributed by atoms with Crippen LogP contribution in [-0.4, -0.2) is 37.4 Å². The first-order chi connectivity index (χ1) is 9.99. The zero-order chi connectivity index (χ0) is 14.9. The standard InChI is InChI=1S/C15H19F3N2O/c16-15(17,18)21-14-3-1-2-11(6-14)9-20-5-4-12-7-19-8-13(12)10-20/h1-3,6,12-13,19H,4-5,7-10H2. The Balaban J connectivity index is 1.61. The van der Waals surface area contributed by atoms with E-state index < -0.39 is 6.36 Å². The van der Waals surface area contributed by atoms with Gasteiger partial charge < -0.3 is 10.1 Å². The van der Waals surface area contributed by atoms with Gasteiger partial charge in [-0.05, 0) is 55.6 Å². The highest BCUT2D eigenvalue weighted by Gasteiger charge is 2.33. The van der Waals surface area contributed by atoms with Gasteiger partial charge in [-0.3, -0.25) is 4.90 Å². The van der Waals surface area contributed by atoms with Crippen molar-refractivity contribution in [1.82, 2.24) is 10.2 Å². The molecule has 2 fully saturated rings. The molecule has 21 heavy (non-hydrogen) atoms. The van der Waals surface area contributed by atoms with Crippen LogP contribution in [0.4, 0.5) is 13.2 Å². The maximum absolute atomic E-state index is 12.2. The van der Waals surface area contributed by atoms with Gasteiger partial charge in [-0.25, -0.2) is 0 Å². The number of nitrogens with one attached hydrogen (secondary N) is 1. The summed E-state index contributed by atoms with van der Waals surface area (Å²) in [6.07, 6.45) is -3.47. The highest BCUT2D eigenvalue weighted by atomic mass is 19.4. The molecule has 0 amide bonds. The molecule has 1 N–H and O–H groups in total. The third-order valence-corrected chi connectivity index (χ3v) is 4.33. The van der Waals surface area contributed by atoms with E-state index in [4.69, 9.17) is 0 Å². The summed E-state index contributed by atoms with van der Waals surface area (Å²) in [7, 11) is 0. The van der Waals surface area contributed by atoms with E-state index in [0.717, 1.165) is 44.1 Å². The summed E-state index contributed by atoms with van der Waals surface area (Å²) in [5.74, 6) is 1.30. The van der Waals surface area contributed by atoms with Crippen LogP contribution in [0.1, 0.15) is 12.0 Å². The van der Waals surface area contributed by atoms with Gasteiger partial charge in [-0.1, -0.05) is 12.1 Å². The van der Waals surface area contributed by atoms with Gasteiger partial charge in [-0.2, -0.15) is 0 Å². The summed E-state index contributed by atoms with van der Waals surface area (Å²) < 4.78 is 40.7. The second-order valence-corrected chi connectivity index (χ2v) is 5.90. The van der Waals surface area contributed by atoms with Gasteiger partial charge in [0.05, 0.1) is 0 Å². The predicted molar refractivity (Wildman–Crippen MR) is 72.9 cm³/mol. The fourth-order valence-corrected chi connectivity index (χ4v) is 3.35. The van der Waals surface area contributed by atoms with Crippen molar-refractivity contribution in [3.63, 3.8) is 0 Å². The van der Waals surface area contributed by atoms with Crippen molar-refractivity contribution in [3.8, 4) is 5.75 Å². The Morgan fingerprint density at radius 2 is 2.05 bits per heavy atom. The van der Waals surface area contributed by atoms with E-state index in [9.17, 15) is 13.2 Å². The minimum Gasteiger partial charge on any atom is -0.406 e. The smallest absolute Gasteiger partial charge is 0.406 e. The molecule has 1 aromatic rings. The van der Waals surface area contributed by atoms with Crippen LogP contribution in [0.3, 0.4) is 0 Å². The third kappa shape index (κ3) is 3.89. The Labute approximate surface area is 122 Å². The Hall–Kier alpha value is -1.27. The molecule has 116 valence electrons. The van der Waals surface area contributed by atoms with Crippen molar-refractivity contribution in [2.24, 2.45) is 11.8 Å². The Kier molecular flexibility index (Phi) is 4.08. The number of halogens is 3. The second kappa shape index (κ2) is 5.85. The van der Waals surface area contributed by atoms with Crippen molar-refractivity contribution < 1.29 is 17.9 Å². The Morgan fingerprint density at radius 3 is 2.86 bits per heavy atom. The predicted octanol–water partition coefficient (Wildman–Crippen LogP) is 2.63. The molecule has 0 saturated carbocycles. The Bertz CT molecular complexity index is 492. The monoisotopic (exact) mass is 300 g/mol. The topological polar surface area (TPSA) is 24.5 Å². The van der Waals surface area contributed by atoms with Crippen molar-refractivity contribution in [1.29, 1.82) is 0 Å². The number of likely N-dealkylation sites (tertiary alicyclic amines) is 1. The van der Waals surface area contributed by atoms with Gasteiger partial charge in [0, 0.05) is 13.1 Å². The summed E-state index contributed by atoms with van der Waals surface area (Å²) >= 11 is 0. The molecule has 6 heteroatoms. The number of hydrogen-bond donors (Lipinski definition) is 1. The van der Waals surface area contributed by atoms with Crippen molar-refractivity contribution in [2.75, 3.05) is 26.2 Å². The normalized spacial score (nSPS) is 26.6. The fourth-order valence-electron chi connectivity index (χ4n) is 3.35. The van der Waals surface area contributed by atoms with E-state index in [0.29, 0.717) is 12.5 Å². The van der Waals surface area contributed by atoms with Crippen molar-refractivity contribution >= 4 is 0 Å². The molecule has 3 nitrogen and oxygen atoms in total. The zero-order valence-corrected chi connectivity index (χ0v) is 11.7. The molecule has 0 bridgehead atoms. The largest absolute Gasteiger partial charge is 0.573 e. The number of rotatable bonds is 3. The maximum Gasteiger partial charge on any atom is 0.573 e. The van der Waals surface area contributed by atoms with E-state index in [1.54, 1.807) is 6.07 Å². The molecule has 2 aliphatic heterocycles. The van der Waals surface area contributed by atoms with Gasteiger partial charge in [0.1, 0.15) is 5.75 Å². The fraction of sp³-hybridized carbons (Fsp3) is 0.600. The van der Waals surface area contributed by atoms with Crippen LogP contribution >= 0.6 is 0 Å². The molecule has 1 aromatic carbocycles. The zero-order valence-electron chi connectivity index (χ0n) is 11.7. The van der Waals surface area contributed by atoms with Gasteiger partial charge in [0.2, 0.25) is 0 Å². The molecule has 2 heterocycles. The van der Waals surface area contributed by atoms with Crippen LogP contribution in [0.2, 0.25) is 0 Å². The summed E-state index contributed by atoms with van der Waals surface area (Å²) in [5.41, 5.74) is 0.862. The van der Waals surface area contributed by atoms with Crippen LogP contribution in [0, 0.1) is 11.8 Å². The molecule has 0 spiro atoms. The molecular formula is C15H19F3N2O. The van der Waals surface area contributed by atoms with Crippen molar-refractivity contribution in [2.45, 2.75) is 19.3 Å². The van der Waals surface area contributed by atoms with Gasteiger partial charge >= 0.3 is 6.36 Å². The lowest BCUT2D eigenvalue weighted by atomic mass is 9.88. The number of piperidine rings is 1. The first kappa shape index (κ1) is 14.7. The lowest BCUT2D eigenvalue weighted by Gasteiger charge is -2.34. The molecule has 2 unspecified atom stereocenters. The number of benzene rings is 1. The van der Waals surface area contributed by atoms with Crippen LogP contribution < -0.4 is 10.1 Å². The maximum atomic E-state index is 12.2. The highest BCUT2D eigenvalue weighted by molar-refractivity contribution is 5.28. The van der Waals surface area contributed by atoms with E-state index in [1.165, 1.54) is 12.1 Å². The first-order valence-electron chi connectivity index (χ1n) is 7.27. The molecule has 0 aliphatic carbocycles. The Morgan fingerprint density at radius 1 is 1.24 bits per heavy atom. The number of nitrogens with zero attached hydrogens (tertiary/aromatic N) is 1. The number of alkyl halides is 3. The van der Waals surface area contributed by atoms with Crippen LogP contribution in [-0.2, 0) is 6.54 Å². The SMILES string of the molecule is FC(F)(F)Oc1cccc(CN2CCC3CNCC3C2)c1. The minimum atomic E-state index is -4.63. The second-order valence-electron chi connectivity index (χ2n) is 5.90. The molecule has 0 radical (unpaired) electrons. The third-order valence-electron chi connectivity index (χ3n) is 4.33. The first-order valence-corrected chi connectivity index (χ1v) is 7.27. The van der Waals surface area contributed by atoms with Crippen LogP contribution in [0.5, 0.6) is 5.75 Å². The van der Waals surface area contributed by atoms with E-state index in [1.807, 2.05) is 6.07 Å². The molecule has 2 saturated heterocycles. The lowest BCUT2D eigenvalue weighted by molar-refractivity contribution is -0.274. The lowest BCUT2D eigenvalue weighted by Crippen LogP contribution is -2.39. The van der Waals surface area contributed by atoms with Gasteiger partial charge in [-0.15, -0.1) is 13.2 Å². The summed E-state index contributed by atoms with van der Waals surface area (Å²) in [5, 5.41) is 3.41. The average Bonchev–Trinajstić information content (AvgIpc) is 2.84. The summed E-state index contributed by atoms with van der Waals surface area (Å²) in [4.78, 5) is 2.32. The minimum absolute atomic E-state index is 0.141. The van der Waals surface area contributed by atoms with Crippen LogP contribution in [0.15, 0.2) is 24.3 Å². The molecule has 2 atom stereocenters. The molecule has 0 aromatic heterocycles. The number of ether oxygens (including phenoxy) is 1. The van der Waals surface area contributed by atoms with E-state index in [2.05, 4.69) is 15.0 Å². The quantitative estimate of drug-likeness (QED) is 0.929. The molecule has 3 rings (SSSR count). The highest BCUT2D eigenvalue weighted by Crippen LogP contribution is 2.28. The number of fused-ring (bicyclic) bond motifs is 1. The van der Waals surface area contributed by atoms with Gasteiger partial charge in [0.15, 0.2) is 0 Å². The van der Waals surface area contributed by atoms with Crippen molar-refractivity contribution in [3.05, 3.63) is 29.8 Å². The van der Waals surface area contributed by atoms with Gasteiger partial charge in [0.25, 0.3) is 0 Å². The van der Waals surface area contributed by atoms with Crippen LogP contribution in [0.25, 0.3) is 0 Å².